The summed E-state index contributed by atoms with van der Waals surface area (Å²) in [6.07, 6.45) is 1.87. The number of hydrogen-bond donors (Lipinski definition) is 3. The van der Waals surface area contributed by atoms with E-state index in [4.69, 9.17) is 18.0 Å². The van der Waals surface area contributed by atoms with Gasteiger partial charge in [0.15, 0.2) is 5.11 Å². The van der Waals surface area contributed by atoms with E-state index in [0.717, 1.165) is 24.2 Å². The molecule has 1 amide bonds. The Morgan fingerprint density at radius 2 is 1.57 bits per heavy atom. The van der Waals surface area contributed by atoms with Crippen LogP contribution >= 0.6 is 12.2 Å². The minimum absolute atomic E-state index is 0.443. The van der Waals surface area contributed by atoms with Crippen molar-refractivity contribution in [2.45, 2.75) is 26.7 Å². The van der Waals surface area contributed by atoms with Crippen LogP contribution in [-0.2, 0) is 12.8 Å². The second-order valence-corrected chi connectivity index (χ2v) is 5.59. The van der Waals surface area contributed by atoms with E-state index in [-0.39, 0.29) is 0 Å². The van der Waals surface area contributed by atoms with Crippen molar-refractivity contribution in [3.05, 3.63) is 59.2 Å². The number of thiocarbonyl (C=S) groups is 1. The molecule has 120 valence electrons. The molecule has 0 atom stereocenters. The summed E-state index contributed by atoms with van der Waals surface area (Å²) >= 11 is 5.40. The molecule has 2 rings (SSSR count). The quantitative estimate of drug-likeness (QED) is 0.732. The lowest BCUT2D eigenvalue weighted by atomic mass is 10.0. The zero-order chi connectivity index (χ0) is 16.8. The molecule has 0 spiro atoms. The van der Waals surface area contributed by atoms with Gasteiger partial charge < -0.3 is 16.4 Å². The summed E-state index contributed by atoms with van der Waals surface area (Å²) in [6, 6.07) is 13.2. The van der Waals surface area contributed by atoms with E-state index >= 15 is 0 Å². The monoisotopic (exact) mass is 327 g/mol. The van der Waals surface area contributed by atoms with Crippen molar-refractivity contribution in [1.29, 1.82) is 0 Å². The second-order valence-electron chi connectivity index (χ2n) is 5.18. The number of amides is 1. The van der Waals surface area contributed by atoms with Crippen LogP contribution in [0.3, 0.4) is 0 Å². The Kier molecular flexibility index (Phi) is 5.71. The van der Waals surface area contributed by atoms with Gasteiger partial charge in [0.1, 0.15) is 0 Å². The molecule has 0 saturated carbocycles. The van der Waals surface area contributed by atoms with Crippen molar-refractivity contribution >= 4 is 34.6 Å². The smallest absolute Gasteiger partial charge is 0.248 e. The summed E-state index contributed by atoms with van der Waals surface area (Å²) in [5.41, 5.74) is 10.1. The van der Waals surface area contributed by atoms with Crippen LogP contribution in [0, 0.1) is 0 Å². The Balaban J connectivity index is 2.12. The lowest BCUT2D eigenvalue weighted by Gasteiger charge is -2.17. The standard InChI is InChI=1S/C18H21N3OS/c1-3-12-6-5-7-13(4-2)16(12)21-18(23)20-15-10-8-14(9-11-15)17(19)22/h5-11H,3-4H2,1-2H3,(H2,19,22)(H2,20,21,23). The van der Waals surface area contributed by atoms with E-state index < -0.39 is 5.91 Å². The van der Waals surface area contributed by atoms with Gasteiger partial charge in [0, 0.05) is 16.9 Å². The summed E-state index contributed by atoms with van der Waals surface area (Å²) < 4.78 is 0. The highest BCUT2D eigenvalue weighted by atomic mass is 32.1. The fraction of sp³-hybridized carbons (Fsp3) is 0.222. The second kappa shape index (κ2) is 7.74. The fourth-order valence-electron chi connectivity index (χ4n) is 2.40. The van der Waals surface area contributed by atoms with Gasteiger partial charge in [-0.05, 0) is 60.5 Å². The maximum Gasteiger partial charge on any atom is 0.248 e. The van der Waals surface area contributed by atoms with E-state index in [1.165, 1.54) is 11.1 Å². The topological polar surface area (TPSA) is 67.2 Å². The maximum absolute atomic E-state index is 11.1. The molecule has 0 aliphatic heterocycles. The van der Waals surface area contributed by atoms with Crippen LogP contribution < -0.4 is 16.4 Å². The van der Waals surface area contributed by atoms with Gasteiger partial charge >= 0.3 is 0 Å². The highest BCUT2D eigenvalue weighted by molar-refractivity contribution is 7.80. The minimum Gasteiger partial charge on any atom is -0.366 e. The van der Waals surface area contributed by atoms with Crippen molar-refractivity contribution in [3.8, 4) is 0 Å². The first-order valence-corrected chi connectivity index (χ1v) is 8.04. The maximum atomic E-state index is 11.1. The fourth-order valence-corrected chi connectivity index (χ4v) is 2.62. The van der Waals surface area contributed by atoms with Crippen molar-refractivity contribution in [1.82, 2.24) is 0 Å². The number of nitrogens with one attached hydrogen (secondary N) is 2. The van der Waals surface area contributed by atoms with Crippen molar-refractivity contribution in [2.75, 3.05) is 10.6 Å². The van der Waals surface area contributed by atoms with Crippen molar-refractivity contribution in [2.24, 2.45) is 5.73 Å². The molecule has 0 radical (unpaired) electrons. The number of hydrogen-bond acceptors (Lipinski definition) is 2. The first-order valence-electron chi connectivity index (χ1n) is 7.63. The molecule has 0 fully saturated rings. The highest BCUT2D eigenvalue weighted by Gasteiger charge is 2.08. The van der Waals surface area contributed by atoms with E-state index in [1.54, 1.807) is 24.3 Å². The Labute approximate surface area is 142 Å². The number of anilines is 2. The van der Waals surface area contributed by atoms with E-state index in [1.807, 2.05) is 0 Å². The number of primary amides is 1. The molecule has 0 aromatic heterocycles. The molecule has 4 nitrogen and oxygen atoms in total. The molecule has 0 saturated heterocycles. The largest absolute Gasteiger partial charge is 0.366 e. The Bertz CT molecular complexity index is 688. The van der Waals surface area contributed by atoms with Gasteiger partial charge in [0.2, 0.25) is 5.91 Å². The van der Waals surface area contributed by atoms with Crippen molar-refractivity contribution in [3.63, 3.8) is 0 Å². The van der Waals surface area contributed by atoms with E-state index in [2.05, 4.69) is 42.7 Å². The molecule has 4 N–H and O–H groups in total. The Morgan fingerprint density at radius 3 is 2.04 bits per heavy atom. The number of rotatable bonds is 5. The van der Waals surface area contributed by atoms with Gasteiger partial charge in [-0.3, -0.25) is 4.79 Å². The molecule has 0 aliphatic rings. The average molecular weight is 327 g/mol. The minimum atomic E-state index is -0.443. The number of carbonyl (C=O) groups is 1. The number of nitrogens with two attached hydrogens (primary N) is 1. The van der Waals surface area contributed by atoms with Gasteiger partial charge in [0.25, 0.3) is 0 Å². The van der Waals surface area contributed by atoms with Gasteiger partial charge in [-0.2, -0.15) is 0 Å². The van der Waals surface area contributed by atoms with Crippen LogP contribution in [0.25, 0.3) is 0 Å². The van der Waals surface area contributed by atoms with Crippen LogP contribution in [0.1, 0.15) is 35.3 Å². The molecular weight excluding hydrogens is 306 g/mol. The highest BCUT2D eigenvalue weighted by Crippen LogP contribution is 2.23. The van der Waals surface area contributed by atoms with Crippen LogP contribution in [0.5, 0.6) is 0 Å². The summed E-state index contributed by atoms with van der Waals surface area (Å²) in [5, 5.41) is 6.94. The number of aryl methyl sites for hydroxylation is 2. The predicted octanol–water partition coefficient (Wildman–Crippen LogP) is 3.72. The van der Waals surface area contributed by atoms with Crippen LogP contribution in [0.2, 0.25) is 0 Å². The van der Waals surface area contributed by atoms with E-state index in [0.29, 0.717) is 10.7 Å². The van der Waals surface area contributed by atoms with Gasteiger partial charge in [-0.1, -0.05) is 32.0 Å². The number of para-hydroxylation sites is 1. The molecule has 2 aromatic carbocycles. The Morgan fingerprint density at radius 1 is 1.00 bits per heavy atom. The van der Waals surface area contributed by atoms with Gasteiger partial charge in [-0.25, -0.2) is 0 Å². The number of benzene rings is 2. The predicted molar refractivity (Wildman–Crippen MR) is 100 cm³/mol. The van der Waals surface area contributed by atoms with Crippen LogP contribution in [-0.4, -0.2) is 11.0 Å². The lowest BCUT2D eigenvalue weighted by Crippen LogP contribution is -2.21. The molecule has 0 unspecified atom stereocenters. The number of carbonyl (C=O) groups excluding carboxylic acids is 1. The molecular formula is C18H21N3OS. The average Bonchev–Trinajstić information content (AvgIpc) is 2.55. The van der Waals surface area contributed by atoms with Gasteiger partial charge in [-0.15, -0.1) is 0 Å². The SMILES string of the molecule is CCc1cccc(CC)c1NC(=S)Nc1ccc(C(N)=O)cc1. The zero-order valence-electron chi connectivity index (χ0n) is 13.3. The molecule has 5 heteroatoms. The third-order valence-corrected chi connectivity index (χ3v) is 3.87. The third-order valence-electron chi connectivity index (χ3n) is 3.66. The van der Waals surface area contributed by atoms with Gasteiger partial charge in [0.05, 0.1) is 0 Å². The molecule has 2 aromatic rings. The lowest BCUT2D eigenvalue weighted by molar-refractivity contribution is 0.100. The first kappa shape index (κ1) is 17.0. The summed E-state index contributed by atoms with van der Waals surface area (Å²) in [5.74, 6) is -0.443. The summed E-state index contributed by atoms with van der Waals surface area (Å²) in [4.78, 5) is 11.1. The van der Waals surface area contributed by atoms with Crippen molar-refractivity contribution < 1.29 is 4.79 Å². The van der Waals surface area contributed by atoms with E-state index in [9.17, 15) is 4.79 Å². The molecule has 0 bridgehead atoms. The third kappa shape index (κ3) is 4.29. The normalized spacial score (nSPS) is 10.2. The molecule has 0 aliphatic carbocycles. The first-order chi connectivity index (χ1) is 11.0. The van der Waals surface area contributed by atoms with Crippen LogP contribution in [0.4, 0.5) is 11.4 Å². The Hall–Kier alpha value is -2.40. The van der Waals surface area contributed by atoms with Crippen LogP contribution in [0.15, 0.2) is 42.5 Å². The summed E-state index contributed by atoms with van der Waals surface area (Å²) in [7, 11) is 0. The summed E-state index contributed by atoms with van der Waals surface area (Å²) in [6.45, 7) is 4.25. The zero-order valence-corrected chi connectivity index (χ0v) is 14.2. The molecule has 0 heterocycles. The molecule has 23 heavy (non-hydrogen) atoms.